The fourth-order valence-electron chi connectivity index (χ4n) is 3.16. The molecule has 0 aliphatic rings. The number of aliphatic carboxylic acids is 1. The molecule has 2 heterocycles. The van der Waals surface area contributed by atoms with Crippen LogP contribution in [0.1, 0.15) is 43.5 Å². The number of benzene rings is 1. The number of para-hydroxylation sites is 1. The number of carbonyl (C=O) groups is 2. The second kappa shape index (κ2) is 6.62. The number of nitrogens with zero attached hydrogens (tertiary/aromatic N) is 2. The number of hydrogen-bond acceptors (Lipinski definition) is 4. The largest absolute Gasteiger partial charge is 0.481 e. The normalized spacial score (nSPS) is 11.8. The minimum absolute atomic E-state index is 0.176. The van der Waals surface area contributed by atoms with E-state index in [0.717, 1.165) is 0 Å². The summed E-state index contributed by atoms with van der Waals surface area (Å²) in [6.45, 7) is 3.66. The highest BCUT2D eigenvalue weighted by Crippen LogP contribution is 2.22. The molecule has 0 fully saturated rings. The average Bonchev–Trinajstić information content (AvgIpc) is 3.05. The van der Waals surface area contributed by atoms with Gasteiger partial charge in [-0.1, -0.05) is 26.0 Å². The lowest BCUT2D eigenvalue weighted by Crippen LogP contribution is -2.49. The predicted molar refractivity (Wildman–Crippen MR) is 96.4 cm³/mol. The van der Waals surface area contributed by atoms with Gasteiger partial charge in [0.1, 0.15) is 11.2 Å². The first kappa shape index (κ1) is 17.7. The molecule has 0 atom stereocenters. The van der Waals surface area contributed by atoms with Crippen molar-refractivity contribution in [3.63, 3.8) is 0 Å². The third kappa shape index (κ3) is 2.94. The summed E-state index contributed by atoms with van der Waals surface area (Å²) in [5.41, 5.74) is -0.0976. The van der Waals surface area contributed by atoms with Crippen LogP contribution < -0.4 is 10.9 Å². The summed E-state index contributed by atoms with van der Waals surface area (Å²) in [4.78, 5) is 39.0. The Morgan fingerprint density at radius 1 is 1.27 bits per heavy atom. The fraction of sp³-hybridized carbons (Fsp3) is 0.333. The lowest BCUT2D eigenvalue weighted by atomic mass is 9.88. The molecule has 0 unspecified atom stereocenters. The molecule has 3 N–H and O–H groups in total. The number of H-pyrrole nitrogens is 1. The molecule has 0 saturated heterocycles. The number of carboxylic acid groups (broad SMARTS) is 1. The monoisotopic (exact) mass is 356 g/mol. The molecule has 1 aromatic carbocycles. The number of nitrogens with one attached hydrogen (secondary N) is 2. The van der Waals surface area contributed by atoms with Crippen molar-refractivity contribution in [3.8, 4) is 0 Å². The van der Waals surface area contributed by atoms with Gasteiger partial charge in [-0.05, 0) is 25.0 Å². The fourth-order valence-corrected chi connectivity index (χ4v) is 3.16. The highest BCUT2D eigenvalue weighted by molar-refractivity contribution is 6.01. The molecule has 3 rings (SSSR count). The summed E-state index contributed by atoms with van der Waals surface area (Å²) < 4.78 is 1.50. The van der Waals surface area contributed by atoms with Gasteiger partial charge in [0, 0.05) is 0 Å². The van der Waals surface area contributed by atoms with E-state index in [1.165, 1.54) is 10.7 Å². The van der Waals surface area contributed by atoms with Crippen molar-refractivity contribution in [1.82, 2.24) is 19.9 Å². The molecule has 0 radical (unpaired) electrons. The van der Waals surface area contributed by atoms with Gasteiger partial charge in [0.2, 0.25) is 0 Å². The Morgan fingerprint density at radius 2 is 1.96 bits per heavy atom. The van der Waals surface area contributed by atoms with Gasteiger partial charge in [0.05, 0.1) is 29.1 Å². The number of aromatic nitrogens is 3. The van der Waals surface area contributed by atoms with Crippen molar-refractivity contribution in [2.75, 3.05) is 0 Å². The van der Waals surface area contributed by atoms with E-state index in [1.54, 1.807) is 24.3 Å². The van der Waals surface area contributed by atoms with E-state index in [0.29, 0.717) is 23.7 Å². The molecule has 0 spiro atoms. The summed E-state index contributed by atoms with van der Waals surface area (Å²) in [6.07, 6.45) is 2.15. The second-order valence-electron chi connectivity index (χ2n) is 6.30. The first-order chi connectivity index (χ1) is 12.4. The first-order valence-corrected chi connectivity index (χ1v) is 8.44. The number of hydrogen-bond donors (Lipinski definition) is 3. The van der Waals surface area contributed by atoms with Gasteiger partial charge in [-0.3, -0.25) is 14.4 Å². The summed E-state index contributed by atoms with van der Waals surface area (Å²) in [5.74, 6) is -1.44. The van der Waals surface area contributed by atoms with E-state index in [1.807, 2.05) is 13.8 Å². The second-order valence-corrected chi connectivity index (χ2v) is 6.30. The van der Waals surface area contributed by atoms with E-state index in [2.05, 4.69) is 15.4 Å². The van der Waals surface area contributed by atoms with Crippen molar-refractivity contribution >= 4 is 28.4 Å². The predicted octanol–water partition coefficient (Wildman–Crippen LogP) is 1.94. The molecule has 0 aliphatic heterocycles. The van der Waals surface area contributed by atoms with E-state index in [-0.39, 0.29) is 23.2 Å². The molecule has 8 nitrogen and oxygen atoms in total. The van der Waals surface area contributed by atoms with Gasteiger partial charge in [0.25, 0.3) is 11.5 Å². The third-order valence-electron chi connectivity index (χ3n) is 4.84. The van der Waals surface area contributed by atoms with Crippen LogP contribution >= 0.6 is 0 Å². The molecule has 0 saturated carbocycles. The van der Waals surface area contributed by atoms with Crippen LogP contribution in [0.2, 0.25) is 0 Å². The molecule has 26 heavy (non-hydrogen) atoms. The van der Waals surface area contributed by atoms with Crippen LogP contribution in [0.25, 0.3) is 16.6 Å². The molecule has 136 valence electrons. The van der Waals surface area contributed by atoms with Crippen LogP contribution in [0.4, 0.5) is 0 Å². The molecule has 2 aromatic heterocycles. The minimum atomic E-state index is -0.978. The zero-order valence-electron chi connectivity index (χ0n) is 14.6. The number of fused-ring (bicyclic) bond motifs is 3. The van der Waals surface area contributed by atoms with Crippen molar-refractivity contribution < 1.29 is 14.7 Å². The Morgan fingerprint density at radius 3 is 2.62 bits per heavy atom. The van der Waals surface area contributed by atoms with Gasteiger partial charge >= 0.3 is 5.97 Å². The van der Waals surface area contributed by atoms with Gasteiger partial charge in [0.15, 0.2) is 0 Å². The number of carbonyl (C=O) groups excluding carboxylic acids is 1. The number of aromatic amines is 1. The number of rotatable bonds is 6. The molecular weight excluding hydrogens is 336 g/mol. The van der Waals surface area contributed by atoms with E-state index < -0.39 is 17.4 Å². The maximum atomic E-state index is 12.8. The lowest BCUT2D eigenvalue weighted by molar-refractivity contribution is -0.138. The Hall–Kier alpha value is -3.16. The van der Waals surface area contributed by atoms with Crippen LogP contribution in [0, 0.1) is 0 Å². The first-order valence-electron chi connectivity index (χ1n) is 8.44. The third-order valence-corrected chi connectivity index (χ3v) is 4.84. The molecule has 1 amide bonds. The number of amides is 1. The van der Waals surface area contributed by atoms with E-state index in [9.17, 15) is 14.4 Å². The van der Waals surface area contributed by atoms with Crippen molar-refractivity contribution in [1.29, 1.82) is 0 Å². The Balaban J connectivity index is 2.06. The van der Waals surface area contributed by atoms with Crippen LogP contribution in [0.5, 0.6) is 0 Å². The van der Waals surface area contributed by atoms with Gasteiger partial charge in [-0.15, -0.1) is 0 Å². The summed E-state index contributed by atoms with van der Waals surface area (Å²) in [6, 6.07) is 6.97. The van der Waals surface area contributed by atoms with Crippen LogP contribution in [-0.4, -0.2) is 37.1 Å². The summed E-state index contributed by atoms with van der Waals surface area (Å²) in [5, 5.41) is 16.7. The maximum absolute atomic E-state index is 12.8. The smallest absolute Gasteiger partial charge is 0.305 e. The molecular formula is C18H20N4O4. The van der Waals surface area contributed by atoms with Gasteiger partial charge < -0.3 is 15.4 Å². The molecule has 0 bridgehead atoms. The SMILES string of the molecule is CCC(CC)(CC(=O)O)NC(=O)c1cnn2c1[nH]c(=O)c1ccccc12. The molecule has 0 aliphatic carbocycles. The van der Waals surface area contributed by atoms with Crippen LogP contribution in [0.3, 0.4) is 0 Å². The highest BCUT2D eigenvalue weighted by Gasteiger charge is 2.32. The van der Waals surface area contributed by atoms with Gasteiger partial charge in [-0.25, -0.2) is 4.52 Å². The number of carboxylic acids is 1. The van der Waals surface area contributed by atoms with E-state index in [4.69, 9.17) is 5.11 Å². The zero-order valence-corrected chi connectivity index (χ0v) is 14.6. The lowest BCUT2D eigenvalue weighted by Gasteiger charge is -2.31. The molecule has 8 heteroatoms. The Kier molecular flexibility index (Phi) is 4.50. The maximum Gasteiger partial charge on any atom is 0.305 e. The van der Waals surface area contributed by atoms with Crippen molar-refractivity contribution in [3.05, 3.63) is 46.4 Å². The standard InChI is InChI=1S/C18H20N4O4/c1-3-18(4-2,9-14(23)24)21-17(26)12-10-19-22-13-8-6-5-7-11(13)16(25)20-15(12)22/h5-8,10H,3-4,9H2,1-2H3,(H,20,25)(H,21,26)(H,23,24). The quantitative estimate of drug-likeness (QED) is 0.624. The summed E-state index contributed by atoms with van der Waals surface area (Å²) in [7, 11) is 0. The Bertz CT molecular complexity index is 1050. The highest BCUT2D eigenvalue weighted by atomic mass is 16.4. The molecule has 3 aromatic rings. The van der Waals surface area contributed by atoms with E-state index >= 15 is 0 Å². The van der Waals surface area contributed by atoms with Gasteiger partial charge in [-0.2, -0.15) is 5.10 Å². The van der Waals surface area contributed by atoms with Crippen LogP contribution in [-0.2, 0) is 4.79 Å². The zero-order chi connectivity index (χ0) is 18.9. The Labute approximate surface area is 148 Å². The van der Waals surface area contributed by atoms with Crippen molar-refractivity contribution in [2.45, 2.75) is 38.6 Å². The van der Waals surface area contributed by atoms with Crippen LogP contribution in [0.15, 0.2) is 35.3 Å². The van der Waals surface area contributed by atoms with Crippen molar-refractivity contribution in [2.24, 2.45) is 0 Å². The topological polar surface area (TPSA) is 117 Å². The summed E-state index contributed by atoms with van der Waals surface area (Å²) >= 11 is 0. The average molecular weight is 356 g/mol. The minimum Gasteiger partial charge on any atom is -0.481 e.